The van der Waals surface area contributed by atoms with E-state index >= 15 is 0 Å². The van der Waals surface area contributed by atoms with Gasteiger partial charge in [0.05, 0.1) is 5.41 Å². The Kier molecular flexibility index (Phi) is 6.81. The lowest BCUT2D eigenvalue weighted by Crippen LogP contribution is -2.44. The Morgan fingerprint density at radius 2 is 2.20 bits per heavy atom. The van der Waals surface area contributed by atoms with Gasteiger partial charge in [-0.1, -0.05) is 0 Å². The summed E-state index contributed by atoms with van der Waals surface area (Å²) >= 11 is 0. The molecule has 0 radical (unpaired) electrons. The Labute approximate surface area is 203 Å². The van der Waals surface area contributed by atoms with Gasteiger partial charge in [-0.2, -0.15) is 0 Å². The molecule has 10 heteroatoms. The van der Waals surface area contributed by atoms with Crippen LogP contribution in [-0.4, -0.2) is 54.7 Å². The average Bonchev–Trinajstić information content (AvgIpc) is 3.63. The standard InChI is InChI=1S/C25H30FN7O2/c1-15-31-21(10-22(32-15)33-6-5-25(14-28,24(33)35)19-3-4-19)23(34)30-12-16-7-17(9-20(26)8-16)18(11-27)13-29-2/h7-11,13-15,19,28,31H,3-6,12,27H2,1-2H3,(H,30,34). The minimum absolute atomic E-state index is 0.0891. The summed E-state index contributed by atoms with van der Waals surface area (Å²) in [6.07, 6.45) is 7.82. The van der Waals surface area contributed by atoms with Crippen molar-refractivity contribution >= 4 is 35.7 Å². The maximum Gasteiger partial charge on any atom is 0.267 e. The van der Waals surface area contributed by atoms with Crippen LogP contribution in [0.15, 0.2) is 46.2 Å². The first-order valence-electron chi connectivity index (χ1n) is 11.6. The normalized spacial score (nSPS) is 24.8. The molecule has 1 aromatic rings. The monoisotopic (exact) mass is 479 g/mol. The van der Waals surface area contributed by atoms with Crippen LogP contribution in [0.3, 0.4) is 0 Å². The molecule has 35 heavy (non-hydrogen) atoms. The van der Waals surface area contributed by atoms with Crippen LogP contribution < -0.4 is 16.4 Å². The van der Waals surface area contributed by atoms with E-state index in [-0.39, 0.29) is 24.1 Å². The Bertz CT molecular complexity index is 1170. The number of nitrogens with one attached hydrogen (secondary N) is 3. The molecule has 2 unspecified atom stereocenters. The van der Waals surface area contributed by atoms with Crippen molar-refractivity contribution in [3.63, 3.8) is 0 Å². The summed E-state index contributed by atoms with van der Waals surface area (Å²) in [5.41, 5.74) is 6.83. The molecule has 0 bridgehead atoms. The molecule has 184 valence electrons. The van der Waals surface area contributed by atoms with Crippen LogP contribution in [0.5, 0.6) is 0 Å². The first-order valence-corrected chi connectivity index (χ1v) is 11.6. The van der Waals surface area contributed by atoms with Gasteiger partial charge in [-0.3, -0.25) is 19.5 Å². The second-order valence-corrected chi connectivity index (χ2v) is 9.07. The number of halogens is 1. The highest BCUT2D eigenvalue weighted by Gasteiger charge is 2.55. The van der Waals surface area contributed by atoms with Crippen molar-refractivity contribution in [1.82, 2.24) is 15.5 Å². The third-order valence-electron chi connectivity index (χ3n) is 6.63. The van der Waals surface area contributed by atoms with Crippen LogP contribution in [0.2, 0.25) is 0 Å². The predicted octanol–water partition coefficient (Wildman–Crippen LogP) is 1.95. The van der Waals surface area contributed by atoms with Gasteiger partial charge in [0.25, 0.3) is 5.91 Å². The van der Waals surface area contributed by atoms with Crippen LogP contribution in [-0.2, 0) is 16.1 Å². The smallest absolute Gasteiger partial charge is 0.267 e. The predicted molar refractivity (Wildman–Crippen MR) is 133 cm³/mol. The van der Waals surface area contributed by atoms with Crippen LogP contribution in [0.4, 0.5) is 4.39 Å². The average molecular weight is 480 g/mol. The quantitative estimate of drug-likeness (QED) is 0.445. The molecule has 0 aromatic heterocycles. The number of amidine groups is 1. The van der Waals surface area contributed by atoms with Crippen LogP contribution in [0.25, 0.3) is 5.57 Å². The molecule has 2 amide bonds. The van der Waals surface area contributed by atoms with E-state index in [1.165, 1.54) is 30.8 Å². The van der Waals surface area contributed by atoms with E-state index < -0.39 is 23.3 Å². The number of hydrogen-bond donors (Lipinski definition) is 4. The molecule has 4 rings (SSSR count). The number of benzene rings is 1. The highest BCUT2D eigenvalue weighted by atomic mass is 19.1. The van der Waals surface area contributed by atoms with E-state index in [9.17, 15) is 14.0 Å². The zero-order valence-corrected chi connectivity index (χ0v) is 19.8. The van der Waals surface area contributed by atoms with E-state index in [0.717, 1.165) is 12.8 Å². The lowest BCUT2D eigenvalue weighted by molar-refractivity contribution is -0.130. The molecule has 9 nitrogen and oxygen atoms in total. The van der Waals surface area contributed by atoms with Gasteiger partial charge in [-0.05, 0) is 61.4 Å². The van der Waals surface area contributed by atoms with Crippen molar-refractivity contribution in [2.24, 2.45) is 27.1 Å². The summed E-state index contributed by atoms with van der Waals surface area (Å²) in [7, 11) is 1.60. The summed E-state index contributed by atoms with van der Waals surface area (Å²) in [4.78, 5) is 36.2. The number of amides is 2. The largest absolute Gasteiger partial charge is 0.404 e. The summed E-state index contributed by atoms with van der Waals surface area (Å²) < 4.78 is 14.2. The van der Waals surface area contributed by atoms with Gasteiger partial charge in [0.2, 0.25) is 5.91 Å². The van der Waals surface area contributed by atoms with E-state index in [2.05, 4.69) is 20.6 Å². The minimum Gasteiger partial charge on any atom is -0.404 e. The number of nitrogens with zero attached hydrogens (tertiary/aromatic N) is 3. The van der Waals surface area contributed by atoms with Crippen LogP contribution in [0, 0.1) is 22.6 Å². The van der Waals surface area contributed by atoms with Crippen LogP contribution >= 0.6 is 0 Å². The Balaban J connectivity index is 1.48. The zero-order chi connectivity index (χ0) is 25.2. The molecule has 2 atom stereocenters. The molecule has 1 saturated carbocycles. The molecule has 0 spiro atoms. The summed E-state index contributed by atoms with van der Waals surface area (Å²) in [6.45, 7) is 2.35. The molecular formula is C25H30FN7O2. The molecule has 1 saturated heterocycles. The highest BCUT2D eigenvalue weighted by Crippen LogP contribution is 2.50. The molecule has 2 fully saturated rings. The van der Waals surface area contributed by atoms with Crippen molar-refractivity contribution < 1.29 is 14.0 Å². The minimum atomic E-state index is -0.749. The summed E-state index contributed by atoms with van der Waals surface area (Å²) in [6, 6.07) is 4.43. The van der Waals surface area contributed by atoms with Gasteiger partial charge in [-0.15, -0.1) is 0 Å². The molecular weight excluding hydrogens is 449 g/mol. The molecule has 5 N–H and O–H groups in total. The fraction of sp³-hybridized carbons (Fsp3) is 0.400. The first-order chi connectivity index (χ1) is 16.8. The second-order valence-electron chi connectivity index (χ2n) is 9.07. The number of nitrogens with two attached hydrogens (primary N) is 1. The number of hydrogen-bond acceptors (Lipinski definition) is 7. The number of likely N-dealkylation sites (tertiary alicyclic amines) is 1. The lowest BCUT2D eigenvalue weighted by Gasteiger charge is -2.27. The number of allylic oxidation sites excluding steroid dienone is 1. The van der Waals surface area contributed by atoms with Gasteiger partial charge in [0, 0.05) is 50.4 Å². The third kappa shape index (κ3) is 4.87. The molecule has 2 heterocycles. The van der Waals surface area contributed by atoms with Crippen molar-refractivity contribution in [3.8, 4) is 0 Å². The first kappa shape index (κ1) is 24.3. The van der Waals surface area contributed by atoms with Gasteiger partial charge in [-0.25, -0.2) is 9.38 Å². The lowest BCUT2D eigenvalue weighted by atomic mass is 9.82. The topological polar surface area (TPSA) is 136 Å². The summed E-state index contributed by atoms with van der Waals surface area (Å²) in [5, 5.41) is 13.7. The Hall–Kier alpha value is -3.82. The van der Waals surface area contributed by atoms with Crippen molar-refractivity contribution in [3.05, 3.63) is 53.1 Å². The molecule has 2 aliphatic heterocycles. The van der Waals surface area contributed by atoms with Gasteiger partial charge >= 0.3 is 0 Å². The SMILES string of the molecule is CN=CC(=CN)c1cc(F)cc(CNC(=O)C2=CC(N3CCC(C=N)(C4CC4)C3=O)=NC(C)N2)c1. The van der Waals surface area contributed by atoms with Crippen LogP contribution in [0.1, 0.15) is 37.3 Å². The second kappa shape index (κ2) is 9.81. The van der Waals surface area contributed by atoms with E-state index in [0.29, 0.717) is 35.5 Å². The number of aliphatic imine (C=N–C) groups is 2. The van der Waals surface area contributed by atoms with E-state index in [1.54, 1.807) is 31.0 Å². The van der Waals surface area contributed by atoms with E-state index in [4.69, 9.17) is 11.1 Å². The van der Waals surface area contributed by atoms with Crippen molar-refractivity contribution in [2.45, 2.75) is 38.9 Å². The van der Waals surface area contributed by atoms with Crippen molar-refractivity contribution in [1.29, 1.82) is 5.41 Å². The van der Waals surface area contributed by atoms with Gasteiger partial charge in [0.1, 0.15) is 23.5 Å². The third-order valence-corrected chi connectivity index (χ3v) is 6.63. The maximum absolute atomic E-state index is 14.2. The maximum atomic E-state index is 14.2. The van der Waals surface area contributed by atoms with Crippen molar-refractivity contribution in [2.75, 3.05) is 13.6 Å². The van der Waals surface area contributed by atoms with Gasteiger partial charge in [0.15, 0.2) is 0 Å². The van der Waals surface area contributed by atoms with Gasteiger partial charge < -0.3 is 21.8 Å². The number of carbonyl (C=O) groups is 2. The number of carbonyl (C=O) groups excluding carboxylic acids is 2. The fourth-order valence-corrected chi connectivity index (χ4v) is 4.70. The fourth-order valence-electron chi connectivity index (χ4n) is 4.70. The highest BCUT2D eigenvalue weighted by molar-refractivity contribution is 6.14. The molecule has 1 aromatic carbocycles. The van der Waals surface area contributed by atoms with E-state index in [1.807, 2.05) is 0 Å². The molecule has 3 aliphatic rings. The number of rotatable bonds is 7. The summed E-state index contributed by atoms with van der Waals surface area (Å²) in [5.74, 6) is -0.331. The Morgan fingerprint density at radius 3 is 2.86 bits per heavy atom. The Morgan fingerprint density at radius 1 is 1.43 bits per heavy atom. The zero-order valence-electron chi connectivity index (χ0n) is 19.8. The molecule has 1 aliphatic carbocycles.